The van der Waals surface area contributed by atoms with Crippen LogP contribution in [0.15, 0.2) is 12.1 Å². The van der Waals surface area contributed by atoms with E-state index in [0.717, 1.165) is 19.2 Å². The number of likely N-dealkylation sites (N-methyl/N-ethyl adjacent to an activating group) is 1. The number of hydrogen-bond donors (Lipinski definition) is 1. The van der Waals surface area contributed by atoms with E-state index in [1.807, 2.05) is 0 Å². The van der Waals surface area contributed by atoms with Crippen molar-refractivity contribution < 1.29 is 22.7 Å². The first-order valence-corrected chi connectivity index (χ1v) is 4.40. The maximum absolute atomic E-state index is 12.9. The Morgan fingerprint density at radius 2 is 1.81 bits per heavy atom. The summed E-state index contributed by atoms with van der Waals surface area (Å²) in [6, 6.07) is 0.460. The molecule has 0 spiro atoms. The Labute approximate surface area is 90.2 Å². The third-order valence-corrected chi connectivity index (χ3v) is 2.07. The molecule has 3 nitrogen and oxygen atoms in total. The van der Waals surface area contributed by atoms with E-state index in [9.17, 15) is 18.0 Å². The van der Waals surface area contributed by atoms with Crippen molar-refractivity contribution in [2.75, 3.05) is 14.2 Å². The number of hydrogen-bond acceptors (Lipinski definition) is 3. The highest BCUT2D eigenvalue weighted by Crippen LogP contribution is 2.20. The molecule has 0 fully saturated rings. The van der Waals surface area contributed by atoms with Crippen molar-refractivity contribution in [3.05, 3.63) is 35.1 Å². The molecule has 16 heavy (non-hydrogen) atoms. The van der Waals surface area contributed by atoms with Crippen LogP contribution in [-0.4, -0.2) is 20.1 Å². The van der Waals surface area contributed by atoms with Gasteiger partial charge in [-0.2, -0.15) is 0 Å². The number of benzene rings is 1. The number of nitrogens with one attached hydrogen (secondary N) is 1. The highest BCUT2D eigenvalue weighted by atomic mass is 19.2. The van der Waals surface area contributed by atoms with Crippen LogP contribution in [0.25, 0.3) is 0 Å². The summed E-state index contributed by atoms with van der Waals surface area (Å²) in [6.45, 7) is 0. The van der Waals surface area contributed by atoms with Crippen LogP contribution in [0.5, 0.6) is 0 Å². The average Bonchev–Trinajstić information content (AvgIpc) is 2.26. The first-order chi connectivity index (χ1) is 7.51. The van der Waals surface area contributed by atoms with Crippen LogP contribution in [0.1, 0.15) is 11.6 Å². The molecule has 0 aliphatic rings. The van der Waals surface area contributed by atoms with Crippen molar-refractivity contribution in [3.8, 4) is 0 Å². The smallest absolute Gasteiger partial charge is 0.327 e. The molecule has 0 heterocycles. The fourth-order valence-corrected chi connectivity index (χ4v) is 1.28. The highest BCUT2D eigenvalue weighted by molar-refractivity contribution is 5.77. The molecular formula is C10H10F3NO2. The minimum atomic E-state index is -1.57. The van der Waals surface area contributed by atoms with Gasteiger partial charge in [0.1, 0.15) is 6.04 Å². The Morgan fingerprint density at radius 1 is 1.31 bits per heavy atom. The lowest BCUT2D eigenvalue weighted by Gasteiger charge is -2.14. The summed E-state index contributed by atoms with van der Waals surface area (Å²) >= 11 is 0. The van der Waals surface area contributed by atoms with Crippen molar-refractivity contribution in [1.29, 1.82) is 0 Å². The summed E-state index contributed by atoms with van der Waals surface area (Å²) in [4.78, 5) is 11.2. The van der Waals surface area contributed by atoms with E-state index in [1.54, 1.807) is 0 Å². The second kappa shape index (κ2) is 4.98. The Hall–Kier alpha value is -1.56. The Bertz CT molecular complexity index is 386. The van der Waals surface area contributed by atoms with Crippen LogP contribution >= 0.6 is 0 Å². The van der Waals surface area contributed by atoms with E-state index >= 15 is 0 Å². The van der Waals surface area contributed by atoms with E-state index in [4.69, 9.17) is 0 Å². The molecule has 0 amide bonds. The van der Waals surface area contributed by atoms with Gasteiger partial charge in [-0.15, -0.1) is 0 Å². The monoisotopic (exact) mass is 233 g/mol. The predicted octanol–water partition coefficient (Wildman–Crippen LogP) is 1.54. The Morgan fingerprint density at radius 3 is 2.19 bits per heavy atom. The molecule has 0 aliphatic carbocycles. The first-order valence-electron chi connectivity index (χ1n) is 4.40. The molecule has 0 bridgehead atoms. The Kier molecular flexibility index (Phi) is 3.89. The summed E-state index contributed by atoms with van der Waals surface area (Å²) < 4.78 is 42.9. The van der Waals surface area contributed by atoms with Gasteiger partial charge in [-0.3, -0.25) is 0 Å². The molecular weight excluding hydrogens is 223 g/mol. The second-order valence-electron chi connectivity index (χ2n) is 3.04. The predicted molar refractivity (Wildman–Crippen MR) is 50.1 cm³/mol. The van der Waals surface area contributed by atoms with E-state index in [-0.39, 0.29) is 5.56 Å². The van der Waals surface area contributed by atoms with Crippen LogP contribution in [0.2, 0.25) is 0 Å². The molecule has 1 atom stereocenters. The summed E-state index contributed by atoms with van der Waals surface area (Å²) in [6.07, 6.45) is 0. The fraction of sp³-hybridized carbons (Fsp3) is 0.300. The van der Waals surface area contributed by atoms with Gasteiger partial charge in [-0.05, 0) is 24.7 Å². The van der Waals surface area contributed by atoms with Gasteiger partial charge in [0, 0.05) is 0 Å². The van der Waals surface area contributed by atoms with E-state index < -0.39 is 29.5 Å². The molecule has 1 aromatic rings. The second-order valence-corrected chi connectivity index (χ2v) is 3.04. The maximum atomic E-state index is 12.9. The summed E-state index contributed by atoms with van der Waals surface area (Å²) in [7, 11) is 2.56. The van der Waals surface area contributed by atoms with Crippen molar-refractivity contribution >= 4 is 5.97 Å². The van der Waals surface area contributed by atoms with Gasteiger partial charge < -0.3 is 10.1 Å². The molecule has 1 aromatic carbocycles. The lowest BCUT2D eigenvalue weighted by molar-refractivity contribution is -0.143. The van der Waals surface area contributed by atoms with Crippen LogP contribution in [0.4, 0.5) is 13.2 Å². The lowest BCUT2D eigenvalue weighted by Crippen LogP contribution is -2.26. The Balaban J connectivity index is 3.16. The third kappa shape index (κ3) is 2.33. The van der Waals surface area contributed by atoms with Crippen molar-refractivity contribution in [2.45, 2.75) is 6.04 Å². The van der Waals surface area contributed by atoms with Gasteiger partial charge in [0.2, 0.25) is 0 Å². The zero-order chi connectivity index (χ0) is 12.3. The standard InChI is InChI=1S/C10H10F3NO2/c1-14-9(10(15)16-2)5-3-6(11)8(13)7(12)4-5/h3-4,9,14H,1-2H3/t9-/m1/s1. The average molecular weight is 233 g/mol. The topological polar surface area (TPSA) is 38.3 Å². The van der Waals surface area contributed by atoms with Crippen LogP contribution in [0, 0.1) is 17.5 Å². The molecule has 0 radical (unpaired) electrons. The third-order valence-electron chi connectivity index (χ3n) is 2.07. The van der Waals surface area contributed by atoms with E-state index in [2.05, 4.69) is 10.1 Å². The van der Waals surface area contributed by atoms with Gasteiger partial charge in [0.25, 0.3) is 0 Å². The number of esters is 1. The van der Waals surface area contributed by atoms with Crippen molar-refractivity contribution in [2.24, 2.45) is 0 Å². The zero-order valence-electron chi connectivity index (χ0n) is 8.68. The summed E-state index contributed by atoms with van der Waals surface area (Å²) in [5.41, 5.74) is -0.0363. The van der Waals surface area contributed by atoms with Crippen LogP contribution < -0.4 is 5.32 Å². The zero-order valence-corrected chi connectivity index (χ0v) is 8.68. The number of ether oxygens (including phenoxy) is 1. The largest absolute Gasteiger partial charge is 0.468 e. The number of methoxy groups -OCH3 is 1. The van der Waals surface area contributed by atoms with E-state index in [0.29, 0.717) is 0 Å². The number of carbonyl (C=O) groups is 1. The first kappa shape index (κ1) is 12.5. The molecule has 0 saturated carbocycles. The van der Waals surface area contributed by atoms with Gasteiger partial charge in [0.15, 0.2) is 17.5 Å². The van der Waals surface area contributed by atoms with Gasteiger partial charge >= 0.3 is 5.97 Å². The minimum Gasteiger partial charge on any atom is -0.468 e. The highest BCUT2D eigenvalue weighted by Gasteiger charge is 2.22. The lowest BCUT2D eigenvalue weighted by atomic mass is 10.1. The molecule has 88 valence electrons. The summed E-state index contributed by atoms with van der Waals surface area (Å²) in [5, 5.41) is 2.51. The van der Waals surface area contributed by atoms with Crippen molar-refractivity contribution in [3.63, 3.8) is 0 Å². The van der Waals surface area contributed by atoms with Crippen LogP contribution in [0.3, 0.4) is 0 Å². The molecule has 0 aliphatic heterocycles. The molecule has 0 saturated heterocycles. The number of carbonyl (C=O) groups excluding carboxylic acids is 1. The fourth-order valence-electron chi connectivity index (χ4n) is 1.28. The van der Waals surface area contributed by atoms with Gasteiger partial charge in [-0.25, -0.2) is 18.0 Å². The van der Waals surface area contributed by atoms with Gasteiger partial charge in [0.05, 0.1) is 7.11 Å². The quantitative estimate of drug-likeness (QED) is 0.635. The SMILES string of the molecule is CN[C@@H](C(=O)OC)c1cc(F)c(F)c(F)c1. The normalized spacial score (nSPS) is 12.3. The number of rotatable bonds is 3. The molecule has 1 N–H and O–H groups in total. The van der Waals surface area contributed by atoms with Crippen molar-refractivity contribution in [1.82, 2.24) is 5.32 Å². The molecule has 1 rings (SSSR count). The molecule has 0 aromatic heterocycles. The number of halogens is 3. The molecule has 0 unspecified atom stereocenters. The van der Waals surface area contributed by atoms with Gasteiger partial charge in [-0.1, -0.05) is 0 Å². The minimum absolute atomic E-state index is 0.0363. The van der Waals surface area contributed by atoms with Crippen LogP contribution in [-0.2, 0) is 9.53 Å². The molecule has 6 heteroatoms. The van der Waals surface area contributed by atoms with E-state index in [1.165, 1.54) is 7.05 Å². The maximum Gasteiger partial charge on any atom is 0.327 e. The summed E-state index contributed by atoms with van der Waals surface area (Å²) in [5.74, 6) is -4.98.